The van der Waals surface area contributed by atoms with E-state index in [2.05, 4.69) is 31.1 Å². The Bertz CT molecular complexity index is 907. The molecule has 0 saturated carbocycles. The number of urea groups is 1. The van der Waals surface area contributed by atoms with Gasteiger partial charge in [-0.15, -0.1) is 0 Å². The normalized spacial score (nSPS) is 14.1. The molecule has 2 aromatic carbocycles. The first-order valence-electron chi connectivity index (χ1n) is 12.0. The van der Waals surface area contributed by atoms with Crippen molar-refractivity contribution in [2.45, 2.75) is 52.7 Å². The molecular weight excluding hydrogens is 449 g/mol. The van der Waals surface area contributed by atoms with Gasteiger partial charge in [-0.3, -0.25) is 4.79 Å². The maximum atomic E-state index is 13.3. The van der Waals surface area contributed by atoms with Crippen LogP contribution >= 0.6 is 0 Å². The molecule has 0 radical (unpaired) electrons. The predicted octanol–water partition coefficient (Wildman–Crippen LogP) is 4.76. The SMILES string of the molecule is CC(=O)O.CC(C)COc1ccc(CNC(=O)N(Cc2ccc(F)cc2)C2CCN(C)CC2)cc1. The van der Waals surface area contributed by atoms with Crippen LogP contribution in [0.1, 0.15) is 44.7 Å². The molecule has 0 spiro atoms. The van der Waals surface area contributed by atoms with E-state index in [0.717, 1.165) is 49.7 Å². The van der Waals surface area contributed by atoms with Gasteiger partial charge in [0, 0.05) is 26.1 Å². The summed E-state index contributed by atoms with van der Waals surface area (Å²) in [6.07, 6.45) is 1.88. The number of carbonyl (C=O) groups is 2. The lowest BCUT2D eigenvalue weighted by Crippen LogP contribution is -2.49. The highest BCUT2D eigenvalue weighted by atomic mass is 19.1. The number of likely N-dealkylation sites (tertiary alicyclic amines) is 1. The van der Waals surface area contributed by atoms with E-state index in [1.165, 1.54) is 12.1 Å². The second-order valence-electron chi connectivity index (χ2n) is 9.32. The predicted molar refractivity (Wildman–Crippen MR) is 135 cm³/mol. The van der Waals surface area contributed by atoms with E-state index in [1.54, 1.807) is 12.1 Å². The Morgan fingerprint density at radius 2 is 1.63 bits per heavy atom. The Balaban J connectivity index is 0.00000100. The summed E-state index contributed by atoms with van der Waals surface area (Å²) in [7, 11) is 2.11. The van der Waals surface area contributed by atoms with E-state index in [-0.39, 0.29) is 17.9 Å². The van der Waals surface area contributed by atoms with E-state index >= 15 is 0 Å². The van der Waals surface area contributed by atoms with Gasteiger partial charge in [0.1, 0.15) is 11.6 Å². The van der Waals surface area contributed by atoms with E-state index in [9.17, 15) is 9.18 Å². The van der Waals surface area contributed by atoms with Crippen molar-refractivity contribution in [3.05, 3.63) is 65.5 Å². The van der Waals surface area contributed by atoms with Crippen LogP contribution in [-0.4, -0.2) is 59.7 Å². The van der Waals surface area contributed by atoms with Crippen molar-refractivity contribution in [3.63, 3.8) is 0 Å². The second-order valence-corrected chi connectivity index (χ2v) is 9.32. The van der Waals surface area contributed by atoms with Crippen molar-refractivity contribution in [1.29, 1.82) is 0 Å². The number of hydrogen-bond acceptors (Lipinski definition) is 4. The molecule has 1 aliphatic rings. The van der Waals surface area contributed by atoms with E-state index in [4.69, 9.17) is 14.6 Å². The van der Waals surface area contributed by atoms with Crippen LogP contribution in [0.15, 0.2) is 48.5 Å². The molecule has 0 unspecified atom stereocenters. The fourth-order valence-electron chi connectivity index (χ4n) is 3.71. The van der Waals surface area contributed by atoms with Crippen LogP contribution in [0.4, 0.5) is 9.18 Å². The third-order valence-electron chi connectivity index (χ3n) is 5.61. The summed E-state index contributed by atoms with van der Waals surface area (Å²) in [5.41, 5.74) is 1.96. The Morgan fingerprint density at radius 3 is 2.17 bits per heavy atom. The molecule has 2 aromatic rings. The van der Waals surface area contributed by atoms with Crippen LogP contribution in [-0.2, 0) is 17.9 Å². The first kappa shape index (κ1) is 28.1. The van der Waals surface area contributed by atoms with Crippen LogP contribution in [0.3, 0.4) is 0 Å². The van der Waals surface area contributed by atoms with Crippen LogP contribution in [0, 0.1) is 11.7 Å². The summed E-state index contributed by atoms with van der Waals surface area (Å²) in [4.78, 5) is 26.3. The molecule has 8 heteroatoms. The first-order valence-corrected chi connectivity index (χ1v) is 12.0. The number of piperidine rings is 1. The molecule has 3 rings (SSSR count). The zero-order chi connectivity index (χ0) is 25.8. The molecule has 35 heavy (non-hydrogen) atoms. The van der Waals surface area contributed by atoms with Crippen LogP contribution in [0.5, 0.6) is 5.75 Å². The highest BCUT2D eigenvalue weighted by Gasteiger charge is 2.27. The van der Waals surface area contributed by atoms with Gasteiger partial charge in [0.25, 0.3) is 5.97 Å². The van der Waals surface area contributed by atoms with Crippen LogP contribution in [0.25, 0.3) is 0 Å². The summed E-state index contributed by atoms with van der Waals surface area (Å²) >= 11 is 0. The van der Waals surface area contributed by atoms with Gasteiger partial charge in [-0.2, -0.15) is 0 Å². The first-order chi connectivity index (χ1) is 16.6. The fraction of sp³-hybridized carbons (Fsp3) is 0.481. The molecule has 1 heterocycles. The number of nitrogens with zero attached hydrogens (tertiary/aromatic N) is 2. The Hall–Kier alpha value is -3.13. The summed E-state index contributed by atoms with van der Waals surface area (Å²) < 4.78 is 19.0. The molecule has 1 aliphatic heterocycles. The third kappa shape index (κ3) is 10.8. The van der Waals surface area contributed by atoms with Crippen molar-refractivity contribution < 1.29 is 23.8 Å². The number of aliphatic carboxylic acids is 1. The highest BCUT2D eigenvalue weighted by molar-refractivity contribution is 5.74. The number of halogens is 1. The molecule has 2 N–H and O–H groups in total. The minimum absolute atomic E-state index is 0.0842. The van der Waals surface area contributed by atoms with E-state index < -0.39 is 5.97 Å². The second kappa shape index (κ2) is 14.3. The number of hydrogen-bond donors (Lipinski definition) is 2. The average Bonchev–Trinajstić information content (AvgIpc) is 2.82. The molecule has 1 saturated heterocycles. The minimum atomic E-state index is -0.833. The topological polar surface area (TPSA) is 82.1 Å². The Kier molecular flexibility index (Phi) is 11.5. The number of amides is 2. The Labute approximate surface area is 207 Å². The maximum Gasteiger partial charge on any atom is 0.318 e. The lowest BCUT2D eigenvalue weighted by Gasteiger charge is -2.37. The number of rotatable bonds is 8. The zero-order valence-electron chi connectivity index (χ0n) is 21.2. The minimum Gasteiger partial charge on any atom is -0.493 e. The lowest BCUT2D eigenvalue weighted by atomic mass is 10.0. The molecular formula is C27H38FN3O4. The van der Waals surface area contributed by atoms with Crippen LogP contribution in [0.2, 0.25) is 0 Å². The van der Waals surface area contributed by atoms with Crippen molar-refractivity contribution in [3.8, 4) is 5.75 Å². The largest absolute Gasteiger partial charge is 0.493 e. The summed E-state index contributed by atoms with van der Waals surface area (Å²) in [5, 5.41) is 10.5. The zero-order valence-corrected chi connectivity index (χ0v) is 21.2. The number of benzene rings is 2. The molecule has 1 fully saturated rings. The number of carbonyl (C=O) groups excluding carboxylic acids is 1. The molecule has 192 valence electrons. The van der Waals surface area contributed by atoms with Gasteiger partial charge in [-0.1, -0.05) is 38.1 Å². The summed E-state index contributed by atoms with van der Waals surface area (Å²) in [6.45, 7) is 8.87. The number of carboxylic acid groups (broad SMARTS) is 1. The van der Waals surface area contributed by atoms with Crippen molar-refractivity contribution >= 4 is 12.0 Å². The highest BCUT2D eigenvalue weighted by Crippen LogP contribution is 2.19. The number of nitrogens with one attached hydrogen (secondary N) is 1. The smallest absolute Gasteiger partial charge is 0.318 e. The summed E-state index contributed by atoms with van der Waals surface area (Å²) in [5.74, 6) is 0.221. The molecule has 0 bridgehead atoms. The van der Waals surface area contributed by atoms with E-state index in [0.29, 0.717) is 25.6 Å². The maximum absolute atomic E-state index is 13.3. The van der Waals surface area contributed by atoms with Gasteiger partial charge in [0.2, 0.25) is 0 Å². The van der Waals surface area contributed by atoms with Gasteiger partial charge in [-0.25, -0.2) is 9.18 Å². The van der Waals surface area contributed by atoms with Crippen molar-refractivity contribution in [2.24, 2.45) is 5.92 Å². The average molecular weight is 488 g/mol. The van der Waals surface area contributed by atoms with Crippen LogP contribution < -0.4 is 10.1 Å². The van der Waals surface area contributed by atoms with Gasteiger partial charge in [0.05, 0.1) is 6.61 Å². The molecule has 0 aromatic heterocycles. The van der Waals surface area contributed by atoms with Crippen molar-refractivity contribution in [2.75, 3.05) is 26.7 Å². The molecule has 7 nitrogen and oxygen atoms in total. The van der Waals surface area contributed by atoms with Crippen molar-refractivity contribution in [1.82, 2.24) is 15.1 Å². The molecule has 0 aliphatic carbocycles. The Morgan fingerprint density at radius 1 is 1.09 bits per heavy atom. The van der Waals surface area contributed by atoms with Gasteiger partial charge < -0.3 is 25.0 Å². The number of carboxylic acids is 1. The fourth-order valence-corrected chi connectivity index (χ4v) is 3.71. The quantitative estimate of drug-likeness (QED) is 0.561. The molecule has 2 amide bonds. The van der Waals surface area contributed by atoms with E-state index in [1.807, 2.05) is 29.2 Å². The monoisotopic (exact) mass is 487 g/mol. The van der Waals surface area contributed by atoms with Gasteiger partial charge in [-0.05, 0) is 74.3 Å². The van der Waals surface area contributed by atoms with Gasteiger partial charge in [0.15, 0.2) is 0 Å². The standard InChI is InChI=1S/C25H34FN3O2.C2H4O2/c1-19(2)18-31-24-10-6-20(7-11-24)16-27-25(30)29(23-12-14-28(3)15-13-23)17-21-4-8-22(26)9-5-21;1-2(3)4/h4-11,19,23H,12-18H2,1-3H3,(H,27,30);1H3,(H,3,4). The third-order valence-corrected chi connectivity index (χ3v) is 5.61. The summed E-state index contributed by atoms with van der Waals surface area (Å²) in [6, 6.07) is 14.3. The lowest BCUT2D eigenvalue weighted by molar-refractivity contribution is -0.134. The van der Waals surface area contributed by atoms with Gasteiger partial charge >= 0.3 is 6.03 Å². The molecule has 0 atom stereocenters. The number of ether oxygens (including phenoxy) is 1.